The van der Waals surface area contributed by atoms with Crippen molar-refractivity contribution in [1.29, 1.82) is 0 Å². The minimum Gasteiger partial charge on any atom is -0.393 e. The molecule has 0 bridgehead atoms. The molecule has 0 aromatic carbocycles. The number of nitroso groups, excluding NO2 is 1. The summed E-state index contributed by atoms with van der Waals surface area (Å²) in [5.41, 5.74) is 0. The fourth-order valence-corrected chi connectivity index (χ4v) is 0.593. The first-order valence-corrected chi connectivity index (χ1v) is 3.47. The summed E-state index contributed by atoms with van der Waals surface area (Å²) in [6.07, 6.45) is 0.246. The van der Waals surface area contributed by atoms with Crippen LogP contribution in [0.25, 0.3) is 0 Å². The Morgan fingerprint density at radius 3 is 2.60 bits per heavy atom. The van der Waals surface area contributed by atoms with Crippen LogP contribution in [0.5, 0.6) is 0 Å². The van der Waals surface area contributed by atoms with Crippen LogP contribution in [0.15, 0.2) is 5.29 Å². The van der Waals surface area contributed by atoms with Gasteiger partial charge >= 0.3 is 0 Å². The van der Waals surface area contributed by atoms with E-state index < -0.39 is 0 Å². The highest BCUT2D eigenvalue weighted by Gasteiger charge is 2.01. The Labute approximate surface area is 60.8 Å². The molecule has 0 aliphatic rings. The van der Waals surface area contributed by atoms with Crippen LogP contribution in [0, 0.1) is 4.91 Å². The highest BCUT2D eigenvalue weighted by Crippen LogP contribution is 1.94. The van der Waals surface area contributed by atoms with Gasteiger partial charge in [0.15, 0.2) is 0 Å². The van der Waals surface area contributed by atoms with E-state index >= 15 is 0 Å². The van der Waals surface area contributed by atoms with Gasteiger partial charge < -0.3 is 5.11 Å². The number of hydrogen-bond donors (Lipinski definition) is 1. The normalized spacial score (nSPS) is 12.7. The fraction of sp³-hybridized carbons (Fsp3) is 1.00. The van der Waals surface area contributed by atoms with Crippen LogP contribution in [0.4, 0.5) is 0 Å². The standard InChI is InChI=1S/C6H14N2O2/c1-3-8(7-10)5-4-6(2)9/h6,9H,3-5H2,1-2H3. The van der Waals surface area contributed by atoms with Gasteiger partial charge in [0.2, 0.25) is 0 Å². The molecule has 0 aromatic rings. The van der Waals surface area contributed by atoms with E-state index in [9.17, 15) is 4.91 Å². The van der Waals surface area contributed by atoms with Crippen LogP contribution < -0.4 is 0 Å². The van der Waals surface area contributed by atoms with Gasteiger partial charge in [0.25, 0.3) is 0 Å². The Balaban J connectivity index is 3.34. The molecule has 0 heterocycles. The van der Waals surface area contributed by atoms with Gasteiger partial charge in [-0.05, 0) is 20.3 Å². The second-order valence-corrected chi connectivity index (χ2v) is 2.27. The molecule has 0 spiro atoms. The number of hydrogen-bond acceptors (Lipinski definition) is 3. The van der Waals surface area contributed by atoms with Crippen molar-refractivity contribution in [2.45, 2.75) is 26.4 Å². The van der Waals surface area contributed by atoms with Gasteiger partial charge in [0.05, 0.1) is 11.4 Å². The van der Waals surface area contributed by atoms with Gasteiger partial charge in [-0.15, -0.1) is 4.91 Å². The molecule has 0 aliphatic carbocycles. The Morgan fingerprint density at radius 1 is 1.70 bits per heavy atom. The first kappa shape index (κ1) is 9.36. The topological polar surface area (TPSA) is 52.9 Å². The molecule has 1 N–H and O–H groups in total. The Bertz CT molecular complexity index is 95.7. The van der Waals surface area contributed by atoms with E-state index in [2.05, 4.69) is 5.29 Å². The molecule has 0 aromatic heterocycles. The van der Waals surface area contributed by atoms with Crippen LogP contribution in [0.1, 0.15) is 20.3 Å². The zero-order valence-corrected chi connectivity index (χ0v) is 6.45. The van der Waals surface area contributed by atoms with Crippen molar-refractivity contribution in [3.63, 3.8) is 0 Å². The van der Waals surface area contributed by atoms with Crippen molar-refractivity contribution in [3.05, 3.63) is 4.91 Å². The van der Waals surface area contributed by atoms with E-state index in [-0.39, 0.29) is 6.10 Å². The van der Waals surface area contributed by atoms with Gasteiger partial charge in [0.1, 0.15) is 0 Å². The largest absolute Gasteiger partial charge is 0.393 e. The fourth-order valence-electron chi connectivity index (χ4n) is 0.593. The lowest BCUT2D eigenvalue weighted by atomic mass is 10.3. The van der Waals surface area contributed by atoms with Crippen molar-refractivity contribution in [1.82, 2.24) is 5.01 Å². The van der Waals surface area contributed by atoms with E-state index in [1.165, 1.54) is 5.01 Å². The summed E-state index contributed by atoms with van der Waals surface area (Å²) < 4.78 is 0. The Morgan fingerprint density at radius 2 is 2.30 bits per heavy atom. The Hall–Kier alpha value is -0.640. The lowest BCUT2D eigenvalue weighted by molar-refractivity contribution is 0.159. The van der Waals surface area contributed by atoms with Gasteiger partial charge in [0, 0.05) is 13.1 Å². The molecule has 60 valence electrons. The molecule has 0 saturated heterocycles. The quantitative estimate of drug-likeness (QED) is 0.460. The summed E-state index contributed by atoms with van der Waals surface area (Å²) in [5.74, 6) is 0. The average molecular weight is 146 g/mol. The molecule has 0 saturated carbocycles. The number of aliphatic hydroxyl groups is 1. The summed E-state index contributed by atoms with van der Waals surface area (Å²) in [6.45, 7) is 4.69. The minimum atomic E-state index is -0.351. The smallest absolute Gasteiger partial charge is 0.0529 e. The van der Waals surface area contributed by atoms with Crippen molar-refractivity contribution in [3.8, 4) is 0 Å². The summed E-state index contributed by atoms with van der Waals surface area (Å²) in [7, 11) is 0. The van der Waals surface area contributed by atoms with Crippen LogP contribution in [-0.2, 0) is 0 Å². The van der Waals surface area contributed by atoms with E-state index in [0.717, 1.165) is 0 Å². The van der Waals surface area contributed by atoms with E-state index in [1.54, 1.807) is 6.92 Å². The van der Waals surface area contributed by atoms with Crippen molar-refractivity contribution in [2.24, 2.45) is 5.29 Å². The molecule has 0 aliphatic heterocycles. The molecular formula is C6H14N2O2. The summed E-state index contributed by atoms with van der Waals surface area (Å²) in [6, 6.07) is 0. The minimum absolute atomic E-state index is 0.351. The second kappa shape index (κ2) is 5.17. The third-order valence-corrected chi connectivity index (χ3v) is 1.29. The summed E-state index contributed by atoms with van der Waals surface area (Å²) >= 11 is 0. The lowest BCUT2D eigenvalue weighted by Gasteiger charge is -2.12. The average Bonchev–Trinajstić information content (AvgIpc) is 1.90. The molecule has 1 atom stereocenters. The van der Waals surface area contributed by atoms with E-state index in [0.29, 0.717) is 19.5 Å². The van der Waals surface area contributed by atoms with Crippen molar-refractivity contribution < 1.29 is 5.11 Å². The predicted molar refractivity (Wildman–Crippen MR) is 39.3 cm³/mol. The summed E-state index contributed by atoms with van der Waals surface area (Å²) in [5, 5.41) is 13.0. The monoisotopic (exact) mass is 146 g/mol. The van der Waals surface area contributed by atoms with Crippen molar-refractivity contribution in [2.75, 3.05) is 13.1 Å². The third-order valence-electron chi connectivity index (χ3n) is 1.29. The maximum atomic E-state index is 9.94. The number of rotatable bonds is 5. The van der Waals surface area contributed by atoms with Crippen LogP contribution >= 0.6 is 0 Å². The van der Waals surface area contributed by atoms with Gasteiger partial charge in [-0.25, -0.2) is 0 Å². The third kappa shape index (κ3) is 4.26. The highest BCUT2D eigenvalue weighted by molar-refractivity contribution is 4.52. The maximum Gasteiger partial charge on any atom is 0.0529 e. The molecule has 4 nitrogen and oxygen atoms in total. The second-order valence-electron chi connectivity index (χ2n) is 2.27. The first-order valence-electron chi connectivity index (χ1n) is 3.47. The molecule has 0 amide bonds. The SMILES string of the molecule is CCN(CCC(C)O)N=O. The number of nitrogens with zero attached hydrogens (tertiary/aromatic N) is 2. The molecule has 1 unspecified atom stereocenters. The summed E-state index contributed by atoms with van der Waals surface area (Å²) in [4.78, 5) is 9.94. The van der Waals surface area contributed by atoms with Gasteiger partial charge in [-0.1, -0.05) is 0 Å². The highest BCUT2D eigenvalue weighted by atomic mass is 16.3. The van der Waals surface area contributed by atoms with Crippen LogP contribution in [-0.4, -0.2) is 29.3 Å². The maximum absolute atomic E-state index is 9.94. The van der Waals surface area contributed by atoms with E-state index in [4.69, 9.17) is 5.11 Å². The molecule has 0 radical (unpaired) electrons. The molecular weight excluding hydrogens is 132 g/mol. The molecule has 4 heteroatoms. The Kier molecular flexibility index (Phi) is 4.84. The van der Waals surface area contributed by atoms with Gasteiger partial charge in [-0.3, -0.25) is 5.01 Å². The molecule has 10 heavy (non-hydrogen) atoms. The van der Waals surface area contributed by atoms with Gasteiger partial charge in [-0.2, -0.15) is 0 Å². The van der Waals surface area contributed by atoms with Crippen LogP contribution in [0.3, 0.4) is 0 Å². The lowest BCUT2D eigenvalue weighted by Crippen LogP contribution is -2.20. The van der Waals surface area contributed by atoms with Crippen LogP contribution in [0.2, 0.25) is 0 Å². The van der Waals surface area contributed by atoms with E-state index in [1.807, 2.05) is 6.92 Å². The number of aliphatic hydroxyl groups excluding tert-OH is 1. The first-order chi connectivity index (χ1) is 4.70. The molecule has 0 fully saturated rings. The predicted octanol–water partition coefficient (Wildman–Crippen LogP) is 0.761. The van der Waals surface area contributed by atoms with Crippen molar-refractivity contribution >= 4 is 0 Å². The molecule has 0 rings (SSSR count). The zero-order chi connectivity index (χ0) is 7.98. The zero-order valence-electron chi connectivity index (χ0n) is 6.45.